The first-order valence-electron chi connectivity index (χ1n) is 5.49. The molecule has 2 rings (SSSR count). The van der Waals surface area contributed by atoms with Crippen LogP contribution in [0.4, 0.5) is 0 Å². The van der Waals surface area contributed by atoms with Crippen LogP contribution in [0.25, 0.3) is 11.4 Å². The summed E-state index contributed by atoms with van der Waals surface area (Å²) in [5.41, 5.74) is 0.685. The number of aliphatic carboxylic acids is 1. The monoisotopic (exact) mass is 265 g/mol. The average Bonchev–Trinajstić information content (AvgIpc) is 3.03. The SMILES string of the molecule is O=C(O)CNC(=O)CCc1nc(-c2ccoc2)no1. The number of carboxylic acid groups (broad SMARTS) is 1. The zero-order chi connectivity index (χ0) is 13.7. The molecule has 0 saturated carbocycles. The van der Waals surface area contributed by atoms with E-state index in [1.807, 2.05) is 0 Å². The van der Waals surface area contributed by atoms with Crippen molar-refractivity contribution in [3.8, 4) is 11.4 Å². The highest BCUT2D eigenvalue weighted by Crippen LogP contribution is 2.16. The Kier molecular flexibility index (Phi) is 3.91. The van der Waals surface area contributed by atoms with E-state index in [-0.39, 0.29) is 18.7 Å². The highest BCUT2D eigenvalue weighted by molar-refractivity contribution is 5.81. The Hall–Kier alpha value is -2.64. The normalized spacial score (nSPS) is 10.3. The minimum absolute atomic E-state index is 0.0836. The van der Waals surface area contributed by atoms with Gasteiger partial charge in [0.2, 0.25) is 17.6 Å². The molecule has 8 heteroatoms. The van der Waals surface area contributed by atoms with Crippen LogP contribution in [0.1, 0.15) is 12.3 Å². The topological polar surface area (TPSA) is 118 Å². The lowest BCUT2D eigenvalue weighted by molar-refractivity contribution is -0.137. The number of carbonyl (C=O) groups excluding carboxylic acids is 1. The van der Waals surface area contributed by atoms with E-state index < -0.39 is 12.5 Å². The van der Waals surface area contributed by atoms with Crippen molar-refractivity contribution in [2.24, 2.45) is 0 Å². The zero-order valence-corrected chi connectivity index (χ0v) is 9.83. The molecule has 2 aromatic rings. The maximum atomic E-state index is 11.3. The number of carboxylic acids is 1. The van der Waals surface area contributed by atoms with E-state index in [1.54, 1.807) is 6.07 Å². The molecule has 1 amide bonds. The number of nitrogens with one attached hydrogen (secondary N) is 1. The maximum Gasteiger partial charge on any atom is 0.322 e. The molecular weight excluding hydrogens is 254 g/mol. The summed E-state index contributed by atoms with van der Waals surface area (Å²) in [6.07, 6.45) is 3.30. The standard InChI is InChI=1S/C11H11N3O5/c15-8(12-5-10(16)17)1-2-9-13-11(14-19-9)7-3-4-18-6-7/h3-4,6H,1-2,5H2,(H,12,15)(H,16,17). The minimum Gasteiger partial charge on any atom is -0.480 e. The molecular formula is C11H11N3O5. The second kappa shape index (κ2) is 5.80. The Balaban J connectivity index is 1.84. The van der Waals surface area contributed by atoms with Crippen LogP contribution in [-0.4, -0.2) is 33.7 Å². The van der Waals surface area contributed by atoms with Gasteiger partial charge in [0.1, 0.15) is 12.8 Å². The third-order valence-corrected chi connectivity index (χ3v) is 2.25. The summed E-state index contributed by atoms with van der Waals surface area (Å²) in [6, 6.07) is 1.69. The number of hydrogen-bond acceptors (Lipinski definition) is 6. The molecule has 0 atom stereocenters. The van der Waals surface area contributed by atoms with Gasteiger partial charge in [0, 0.05) is 12.8 Å². The summed E-state index contributed by atoms with van der Waals surface area (Å²) < 4.78 is 9.85. The number of carbonyl (C=O) groups is 2. The van der Waals surface area contributed by atoms with Gasteiger partial charge in [0.25, 0.3) is 0 Å². The average molecular weight is 265 g/mol. The minimum atomic E-state index is -1.09. The number of aromatic nitrogens is 2. The summed E-state index contributed by atoms with van der Waals surface area (Å²) in [4.78, 5) is 25.6. The number of rotatable bonds is 6. The van der Waals surface area contributed by atoms with Gasteiger partial charge in [-0.2, -0.15) is 4.98 Å². The third-order valence-electron chi connectivity index (χ3n) is 2.25. The predicted molar refractivity (Wildman–Crippen MR) is 61.0 cm³/mol. The van der Waals surface area contributed by atoms with Gasteiger partial charge in [-0.05, 0) is 6.07 Å². The first-order valence-corrected chi connectivity index (χ1v) is 5.49. The van der Waals surface area contributed by atoms with Gasteiger partial charge >= 0.3 is 5.97 Å². The lowest BCUT2D eigenvalue weighted by Gasteiger charge is -1.99. The largest absolute Gasteiger partial charge is 0.480 e. The van der Waals surface area contributed by atoms with E-state index in [0.717, 1.165) is 0 Å². The van der Waals surface area contributed by atoms with Gasteiger partial charge in [-0.3, -0.25) is 9.59 Å². The highest BCUT2D eigenvalue weighted by atomic mass is 16.5. The number of amides is 1. The van der Waals surface area contributed by atoms with Crippen molar-refractivity contribution >= 4 is 11.9 Å². The quantitative estimate of drug-likeness (QED) is 0.778. The summed E-state index contributed by atoms with van der Waals surface area (Å²) in [5.74, 6) is -0.782. The van der Waals surface area contributed by atoms with Crippen LogP contribution in [-0.2, 0) is 16.0 Å². The lowest BCUT2D eigenvalue weighted by Crippen LogP contribution is -2.29. The van der Waals surface area contributed by atoms with Crippen LogP contribution in [0.5, 0.6) is 0 Å². The van der Waals surface area contributed by atoms with Crippen molar-refractivity contribution in [1.29, 1.82) is 0 Å². The molecule has 0 bridgehead atoms. The van der Waals surface area contributed by atoms with E-state index in [0.29, 0.717) is 17.3 Å². The molecule has 0 aliphatic heterocycles. The fourth-order valence-electron chi connectivity index (χ4n) is 1.35. The summed E-state index contributed by atoms with van der Waals surface area (Å²) in [5, 5.41) is 14.4. The molecule has 0 unspecified atom stereocenters. The van der Waals surface area contributed by atoms with Crippen LogP contribution in [0, 0.1) is 0 Å². The fraction of sp³-hybridized carbons (Fsp3) is 0.273. The van der Waals surface area contributed by atoms with Gasteiger partial charge in [0.05, 0.1) is 11.8 Å². The molecule has 0 aliphatic carbocycles. The van der Waals surface area contributed by atoms with E-state index >= 15 is 0 Å². The van der Waals surface area contributed by atoms with Gasteiger partial charge in [0.15, 0.2) is 0 Å². The number of aryl methyl sites for hydroxylation is 1. The highest BCUT2D eigenvalue weighted by Gasteiger charge is 2.11. The maximum absolute atomic E-state index is 11.3. The van der Waals surface area contributed by atoms with Crippen molar-refractivity contribution in [3.05, 3.63) is 24.5 Å². The molecule has 0 fully saturated rings. The Morgan fingerprint density at radius 3 is 2.95 bits per heavy atom. The van der Waals surface area contributed by atoms with Crippen LogP contribution >= 0.6 is 0 Å². The predicted octanol–water partition coefficient (Wildman–Crippen LogP) is 0.463. The first kappa shape index (κ1) is 12.8. The molecule has 19 heavy (non-hydrogen) atoms. The molecule has 100 valence electrons. The Morgan fingerprint density at radius 1 is 1.42 bits per heavy atom. The summed E-state index contributed by atoms with van der Waals surface area (Å²) in [6.45, 7) is -0.400. The molecule has 0 aliphatic rings. The van der Waals surface area contributed by atoms with E-state index in [2.05, 4.69) is 15.5 Å². The van der Waals surface area contributed by atoms with E-state index in [1.165, 1.54) is 12.5 Å². The fourth-order valence-corrected chi connectivity index (χ4v) is 1.35. The zero-order valence-electron chi connectivity index (χ0n) is 9.83. The van der Waals surface area contributed by atoms with Gasteiger partial charge in [-0.15, -0.1) is 0 Å². The van der Waals surface area contributed by atoms with Crippen LogP contribution in [0.15, 0.2) is 27.5 Å². The Bertz CT molecular complexity index is 561. The van der Waals surface area contributed by atoms with Crippen LogP contribution in [0.3, 0.4) is 0 Å². The van der Waals surface area contributed by atoms with Gasteiger partial charge in [-0.1, -0.05) is 5.16 Å². The second-order valence-corrected chi connectivity index (χ2v) is 3.69. The molecule has 2 aromatic heterocycles. The summed E-state index contributed by atoms with van der Waals surface area (Å²) >= 11 is 0. The van der Waals surface area contributed by atoms with Crippen molar-refractivity contribution in [3.63, 3.8) is 0 Å². The molecule has 0 radical (unpaired) electrons. The third kappa shape index (κ3) is 3.66. The number of nitrogens with zero attached hydrogens (tertiary/aromatic N) is 2. The molecule has 2 N–H and O–H groups in total. The van der Waals surface area contributed by atoms with E-state index in [9.17, 15) is 9.59 Å². The Labute approximate surface area is 107 Å². The molecule has 0 spiro atoms. The molecule has 8 nitrogen and oxygen atoms in total. The Morgan fingerprint density at radius 2 is 2.26 bits per heavy atom. The van der Waals surface area contributed by atoms with Crippen molar-refractivity contribution in [2.45, 2.75) is 12.8 Å². The molecule has 2 heterocycles. The van der Waals surface area contributed by atoms with Crippen molar-refractivity contribution in [2.75, 3.05) is 6.54 Å². The van der Waals surface area contributed by atoms with Gasteiger partial charge in [-0.25, -0.2) is 0 Å². The van der Waals surface area contributed by atoms with E-state index in [4.69, 9.17) is 14.0 Å². The first-order chi connectivity index (χ1) is 9.15. The molecule has 0 aromatic carbocycles. The van der Waals surface area contributed by atoms with Gasteiger partial charge < -0.3 is 19.4 Å². The van der Waals surface area contributed by atoms with Crippen molar-refractivity contribution in [1.82, 2.24) is 15.5 Å². The number of hydrogen-bond donors (Lipinski definition) is 2. The number of furan rings is 1. The van der Waals surface area contributed by atoms with Crippen molar-refractivity contribution < 1.29 is 23.6 Å². The molecule has 0 saturated heterocycles. The lowest BCUT2D eigenvalue weighted by atomic mass is 10.3. The smallest absolute Gasteiger partial charge is 0.322 e. The van der Waals surface area contributed by atoms with Crippen LogP contribution < -0.4 is 5.32 Å². The van der Waals surface area contributed by atoms with Crippen LogP contribution in [0.2, 0.25) is 0 Å². The second-order valence-electron chi connectivity index (χ2n) is 3.69. The summed E-state index contributed by atoms with van der Waals surface area (Å²) in [7, 11) is 0.